The van der Waals surface area contributed by atoms with Crippen molar-refractivity contribution in [3.63, 3.8) is 0 Å². The Balaban J connectivity index is 2.51. The fraction of sp³-hybridized carbons (Fsp3) is 0.429. The summed E-state index contributed by atoms with van der Waals surface area (Å²) < 4.78 is 26.7. The number of fused-ring (bicyclic) bond motifs is 1. The van der Waals surface area contributed by atoms with Gasteiger partial charge in [0.25, 0.3) is 0 Å². The molecule has 0 fully saturated rings. The van der Waals surface area contributed by atoms with Gasteiger partial charge in [0, 0.05) is 13.1 Å². The smallest absolute Gasteiger partial charge is 0.314 e. The summed E-state index contributed by atoms with van der Waals surface area (Å²) in [5.41, 5.74) is -0.890. The van der Waals surface area contributed by atoms with E-state index < -0.39 is 21.1 Å². The van der Waals surface area contributed by atoms with Crippen LogP contribution in [0.1, 0.15) is 26.7 Å². The molecule has 1 aromatic carbocycles. The molecule has 0 amide bonds. The number of H-pyrrole nitrogens is 2. The van der Waals surface area contributed by atoms with Crippen LogP contribution in [0, 0.1) is 0 Å². The molecule has 1 heterocycles. The van der Waals surface area contributed by atoms with Gasteiger partial charge < -0.3 is 9.97 Å². The number of nitrogens with zero attached hydrogens (tertiary/aromatic N) is 1. The van der Waals surface area contributed by atoms with Gasteiger partial charge in [-0.1, -0.05) is 20.3 Å². The molecule has 0 atom stereocenters. The summed E-state index contributed by atoms with van der Waals surface area (Å²) in [7, 11) is -3.62. The van der Waals surface area contributed by atoms with Gasteiger partial charge in [0.05, 0.1) is 15.9 Å². The lowest BCUT2D eigenvalue weighted by atomic mass is 10.3. The maximum Gasteiger partial charge on any atom is 0.314 e. The third kappa shape index (κ3) is 3.12. The van der Waals surface area contributed by atoms with E-state index in [1.54, 1.807) is 6.92 Å². The minimum Gasteiger partial charge on any atom is -0.316 e. The molecular weight excluding hydrogens is 306 g/mol. The minimum atomic E-state index is -3.62. The summed E-state index contributed by atoms with van der Waals surface area (Å²) >= 11 is 0. The largest absolute Gasteiger partial charge is 0.316 e. The fourth-order valence-electron chi connectivity index (χ4n) is 2.19. The zero-order chi connectivity index (χ0) is 16.3. The van der Waals surface area contributed by atoms with Crippen LogP contribution in [0.4, 0.5) is 0 Å². The van der Waals surface area contributed by atoms with Crippen LogP contribution in [0.2, 0.25) is 0 Å². The molecule has 0 saturated carbocycles. The van der Waals surface area contributed by atoms with Crippen LogP contribution < -0.4 is 11.1 Å². The number of unbranched alkanes of at least 4 members (excludes halogenated alkanes) is 1. The molecule has 8 heteroatoms. The molecule has 0 aliphatic rings. The first-order valence-corrected chi connectivity index (χ1v) is 8.60. The quantitative estimate of drug-likeness (QED) is 0.774. The maximum atomic E-state index is 12.6. The highest BCUT2D eigenvalue weighted by Crippen LogP contribution is 2.19. The van der Waals surface area contributed by atoms with Crippen LogP contribution in [0.25, 0.3) is 11.0 Å². The van der Waals surface area contributed by atoms with Gasteiger partial charge in [-0.2, -0.15) is 4.31 Å². The van der Waals surface area contributed by atoms with E-state index >= 15 is 0 Å². The van der Waals surface area contributed by atoms with Crippen LogP contribution in [-0.2, 0) is 10.0 Å². The normalized spacial score (nSPS) is 12.1. The number of nitrogens with one attached hydrogen (secondary N) is 2. The monoisotopic (exact) mass is 325 g/mol. The molecule has 2 aromatic rings. The molecule has 2 N–H and O–H groups in total. The number of hydrogen-bond acceptors (Lipinski definition) is 4. The first kappa shape index (κ1) is 16.4. The number of aromatic nitrogens is 2. The Morgan fingerprint density at radius 1 is 1.05 bits per heavy atom. The van der Waals surface area contributed by atoms with Gasteiger partial charge in [0.2, 0.25) is 10.0 Å². The highest BCUT2D eigenvalue weighted by molar-refractivity contribution is 7.89. The molecule has 7 nitrogen and oxygen atoms in total. The van der Waals surface area contributed by atoms with Gasteiger partial charge in [-0.05, 0) is 24.6 Å². The van der Waals surface area contributed by atoms with Crippen molar-refractivity contribution in [1.29, 1.82) is 0 Å². The van der Waals surface area contributed by atoms with Crippen molar-refractivity contribution >= 4 is 21.1 Å². The Bertz CT molecular complexity index is 883. The van der Waals surface area contributed by atoms with Crippen LogP contribution in [-0.4, -0.2) is 35.8 Å². The third-order valence-electron chi connectivity index (χ3n) is 3.45. The van der Waals surface area contributed by atoms with Crippen LogP contribution in [0.5, 0.6) is 0 Å². The highest BCUT2D eigenvalue weighted by Gasteiger charge is 2.22. The standard InChI is InChI=1S/C14H19N3O4S/c1-3-5-8-17(4-2)22(20,21)10-6-7-11-12(9-10)16-14(19)13(18)15-11/h6-7,9H,3-5,8H2,1-2H3,(H,15,18)(H,16,19). The van der Waals surface area contributed by atoms with Gasteiger partial charge in [-0.3, -0.25) is 9.59 Å². The van der Waals surface area contributed by atoms with E-state index in [0.717, 1.165) is 12.8 Å². The molecule has 0 saturated heterocycles. The van der Waals surface area contributed by atoms with E-state index in [0.29, 0.717) is 18.6 Å². The van der Waals surface area contributed by atoms with E-state index in [-0.39, 0.29) is 10.4 Å². The Morgan fingerprint density at radius 3 is 2.27 bits per heavy atom. The Morgan fingerprint density at radius 2 is 1.68 bits per heavy atom. The van der Waals surface area contributed by atoms with Crippen molar-refractivity contribution in [2.24, 2.45) is 0 Å². The zero-order valence-electron chi connectivity index (χ0n) is 12.5. The predicted octanol–water partition coefficient (Wildman–Crippen LogP) is 1.03. The number of hydrogen-bond donors (Lipinski definition) is 2. The van der Waals surface area contributed by atoms with Crippen molar-refractivity contribution < 1.29 is 8.42 Å². The average Bonchev–Trinajstić information content (AvgIpc) is 2.48. The van der Waals surface area contributed by atoms with E-state index in [1.165, 1.54) is 22.5 Å². The second-order valence-corrected chi connectivity index (χ2v) is 6.90. The summed E-state index contributed by atoms with van der Waals surface area (Å²) in [6.45, 7) is 4.61. The van der Waals surface area contributed by atoms with Crippen molar-refractivity contribution in [1.82, 2.24) is 14.3 Å². The van der Waals surface area contributed by atoms with Gasteiger partial charge >= 0.3 is 11.1 Å². The second kappa shape index (κ2) is 6.45. The van der Waals surface area contributed by atoms with Crippen LogP contribution in [0.3, 0.4) is 0 Å². The maximum absolute atomic E-state index is 12.6. The Kier molecular flexibility index (Phi) is 4.82. The third-order valence-corrected chi connectivity index (χ3v) is 5.42. The molecule has 0 aliphatic carbocycles. The molecule has 0 spiro atoms. The molecule has 0 aliphatic heterocycles. The van der Waals surface area contributed by atoms with Crippen molar-refractivity contribution in [2.75, 3.05) is 13.1 Å². The number of rotatable bonds is 6. The zero-order valence-corrected chi connectivity index (χ0v) is 13.4. The van der Waals surface area contributed by atoms with E-state index in [4.69, 9.17) is 0 Å². The van der Waals surface area contributed by atoms with Gasteiger partial charge in [-0.25, -0.2) is 8.42 Å². The highest BCUT2D eigenvalue weighted by atomic mass is 32.2. The SMILES string of the molecule is CCCCN(CC)S(=O)(=O)c1ccc2[nH]c(=O)c(=O)[nH]c2c1. The predicted molar refractivity (Wildman–Crippen MR) is 84.5 cm³/mol. The lowest BCUT2D eigenvalue weighted by Crippen LogP contribution is -2.32. The first-order valence-electron chi connectivity index (χ1n) is 7.16. The van der Waals surface area contributed by atoms with Crippen LogP contribution in [0.15, 0.2) is 32.7 Å². The average molecular weight is 325 g/mol. The number of sulfonamides is 1. The van der Waals surface area contributed by atoms with Gasteiger partial charge in [0.1, 0.15) is 0 Å². The van der Waals surface area contributed by atoms with E-state index in [1.807, 2.05) is 6.92 Å². The summed E-state index contributed by atoms with van der Waals surface area (Å²) in [6.07, 6.45) is 1.68. The van der Waals surface area contributed by atoms with Crippen molar-refractivity contribution in [2.45, 2.75) is 31.6 Å². The second-order valence-electron chi connectivity index (χ2n) is 4.97. The van der Waals surface area contributed by atoms with Gasteiger partial charge in [-0.15, -0.1) is 0 Å². The summed E-state index contributed by atoms with van der Waals surface area (Å²) in [5, 5.41) is 0. The first-order chi connectivity index (χ1) is 10.4. The van der Waals surface area contributed by atoms with E-state index in [9.17, 15) is 18.0 Å². The molecule has 2 rings (SSSR count). The molecule has 1 aromatic heterocycles. The fourth-order valence-corrected chi connectivity index (χ4v) is 3.70. The lowest BCUT2D eigenvalue weighted by molar-refractivity contribution is 0.419. The molecule has 0 bridgehead atoms. The van der Waals surface area contributed by atoms with Crippen molar-refractivity contribution in [3.05, 3.63) is 38.9 Å². The summed E-state index contributed by atoms with van der Waals surface area (Å²) in [5.74, 6) is 0. The summed E-state index contributed by atoms with van der Waals surface area (Å²) in [6, 6.07) is 4.28. The number of aromatic amines is 2. The van der Waals surface area contributed by atoms with Crippen molar-refractivity contribution in [3.8, 4) is 0 Å². The molecular formula is C14H19N3O4S. The molecule has 0 unspecified atom stereocenters. The lowest BCUT2D eigenvalue weighted by Gasteiger charge is -2.20. The Labute approximate surface area is 128 Å². The Hall–Kier alpha value is -1.93. The van der Waals surface area contributed by atoms with Gasteiger partial charge in [0.15, 0.2) is 0 Å². The molecule has 22 heavy (non-hydrogen) atoms. The molecule has 120 valence electrons. The minimum absolute atomic E-state index is 0.0978. The summed E-state index contributed by atoms with van der Waals surface area (Å²) in [4.78, 5) is 27.5. The van der Waals surface area contributed by atoms with Crippen LogP contribution >= 0.6 is 0 Å². The topological polar surface area (TPSA) is 103 Å². The van der Waals surface area contributed by atoms with E-state index in [2.05, 4.69) is 9.97 Å². The number of benzene rings is 1. The molecule has 0 radical (unpaired) electrons.